The van der Waals surface area contributed by atoms with Crippen LogP contribution < -0.4 is 10.9 Å². The summed E-state index contributed by atoms with van der Waals surface area (Å²) >= 11 is 1.32. The number of thioether (sulfide) groups is 1. The first-order valence-electron chi connectivity index (χ1n) is 8.33. The zero-order valence-corrected chi connectivity index (χ0v) is 15.9. The molecule has 1 aromatic heterocycles. The fourth-order valence-corrected chi connectivity index (χ4v) is 3.21. The molecule has 1 aromatic carbocycles. The molecule has 0 aliphatic rings. The highest BCUT2D eigenvalue weighted by molar-refractivity contribution is 7.99. The van der Waals surface area contributed by atoms with Gasteiger partial charge in [-0.1, -0.05) is 26.0 Å². The van der Waals surface area contributed by atoms with Gasteiger partial charge in [-0.05, 0) is 24.5 Å². The van der Waals surface area contributed by atoms with Gasteiger partial charge in [0.15, 0.2) is 0 Å². The number of esters is 1. The zero-order chi connectivity index (χ0) is 19.1. The van der Waals surface area contributed by atoms with E-state index >= 15 is 0 Å². The van der Waals surface area contributed by atoms with Gasteiger partial charge in [-0.15, -0.1) is 11.8 Å². The van der Waals surface area contributed by atoms with Crippen LogP contribution in [-0.2, 0) is 20.1 Å². The summed E-state index contributed by atoms with van der Waals surface area (Å²) in [6.45, 7) is 3.94. The summed E-state index contributed by atoms with van der Waals surface area (Å²) in [5.41, 5.74) is 0.428. The van der Waals surface area contributed by atoms with Crippen LogP contribution in [0.4, 0.5) is 0 Å². The van der Waals surface area contributed by atoms with E-state index in [2.05, 4.69) is 15.3 Å². The lowest BCUT2D eigenvalue weighted by atomic mass is 10.0. The molecule has 0 fully saturated rings. The van der Waals surface area contributed by atoms with Crippen LogP contribution in [0, 0.1) is 5.92 Å². The van der Waals surface area contributed by atoms with Crippen molar-refractivity contribution in [3.05, 3.63) is 40.4 Å². The third kappa shape index (κ3) is 5.59. The molecule has 1 amide bonds. The van der Waals surface area contributed by atoms with Crippen LogP contribution in [0.5, 0.6) is 0 Å². The van der Waals surface area contributed by atoms with Gasteiger partial charge in [-0.3, -0.25) is 9.59 Å². The number of aromatic nitrogens is 2. The normalized spacial score (nSPS) is 12.2. The first kappa shape index (κ1) is 20.0. The van der Waals surface area contributed by atoms with Gasteiger partial charge in [0.25, 0.3) is 5.56 Å². The predicted octanol–water partition coefficient (Wildman–Crippen LogP) is 1.86. The lowest BCUT2D eigenvalue weighted by molar-refractivity contribution is -0.145. The topological polar surface area (TPSA) is 101 Å². The number of hydrogen-bond acceptors (Lipinski definition) is 6. The summed E-state index contributed by atoms with van der Waals surface area (Å²) in [5.74, 6) is 0.603. The average molecular weight is 377 g/mol. The predicted molar refractivity (Wildman–Crippen MR) is 102 cm³/mol. The van der Waals surface area contributed by atoms with Crippen LogP contribution in [0.3, 0.4) is 0 Å². The van der Waals surface area contributed by atoms with E-state index < -0.39 is 12.0 Å². The fourth-order valence-electron chi connectivity index (χ4n) is 2.51. The van der Waals surface area contributed by atoms with Gasteiger partial charge < -0.3 is 15.0 Å². The first-order valence-corrected chi connectivity index (χ1v) is 9.49. The van der Waals surface area contributed by atoms with E-state index in [0.717, 1.165) is 0 Å². The van der Waals surface area contributed by atoms with Crippen LogP contribution in [0.25, 0.3) is 10.9 Å². The number of rotatable bonds is 8. The first-order chi connectivity index (χ1) is 12.4. The van der Waals surface area contributed by atoms with Crippen LogP contribution in [0.2, 0.25) is 0 Å². The second-order valence-electron chi connectivity index (χ2n) is 6.30. The number of para-hydroxylation sites is 1. The summed E-state index contributed by atoms with van der Waals surface area (Å²) in [5, 5.41) is 3.24. The van der Waals surface area contributed by atoms with Crippen molar-refractivity contribution < 1.29 is 14.3 Å². The smallest absolute Gasteiger partial charge is 0.328 e. The van der Waals surface area contributed by atoms with Crippen molar-refractivity contribution in [3.63, 3.8) is 0 Å². The third-order valence-corrected chi connectivity index (χ3v) is 4.61. The zero-order valence-electron chi connectivity index (χ0n) is 15.1. The molecule has 1 heterocycles. The number of carbonyl (C=O) groups excluding carboxylic acids is 2. The molecule has 0 aliphatic heterocycles. The molecule has 7 nitrogen and oxygen atoms in total. The van der Waals surface area contributed by atoms with Crippen LogP contribution >= 0.6 is 11.8 Å². The summed E-state index contributed by atoms with van der Waals surface area (Å²) in [7, 11) is 1.30. The van der Waals surface area contributed by atoms with E-state index in [4.69, 9.17) is 4.74 Å². The Morgan fingerprint density at radius 2 is 2.04 bits per heavy atom. The van der Waals surface area contributed by atoms with Crippen molar-refractivity contribution in [2.45, 2.75) is 32.1 Å². The Morgan fingerprint density at radius 3 is 2.73 bits per heavy atom. The monoisotopic (exact) mass is 377 g/mol. The highest BCUT2D eigenvalue weighted by Crippen LogP contribution is 2.12. The maximum Gasteiger partial charge on any atom is 0.328 e. The number of hydrogen-bond donors (Lipinski definition) is 2. The van der Waals surface area contributed by atoms with Gasteiger partial charge >= 0.3 is 5.97 Å². The number of nitrogens with zero attached hydrogens (tertiary/aromatic N) is 1. The molecule has 140 valence electrons. The van der Waals surface area contributed by atoms with Gasteiger partial charge in [0.2, 0.25) is 5.91 Å². The summed E-state index contributed by atoms with van der Waals surface area (Å²) < 4.78 is 4.73. The molecule has 0 bridgehead atoms. The lowest BCUT2D eigenvalue weighted by Crippen LogP contribution is -2.43. The van der Waals surface area contributed by atoms with Gasteiger partial charge in [0.1, 0.15) is 11.9 Å². The van der Waals surface area contributed by atoms with E-state index in [1.165, 1.54) is 18.9 Å². The van der Waals surface area contributed by atoms with Gasteiger partial charge in [0.05, 0.1) is 29.5 Å². The minimum Gasteiger partial charge on any atom is -0.467 e. The van der Waals surface area contributed by atoms with Gasteiger partial charge in [-0.2, -0.15) is 0 Å². The maximum atomic E-state index is 12.1. The minimum absolute atomic E-state index is 0.155. The van der Waals surface area contributed by atoms with Crippen LogP contribution in [0.1, 0.15) is 26.1 Å². The van der Waals surface area contributed by atoms with E-state index in [9.17, 15) is 14.4 Å². The SMILES string of the molecule is COC(=O)[C@@H](CC(C)C)NC(=O)CSCc1nc2ccccc2c(=O)[nH]1. The molecule has 2 rings (SSSR count). The fraction of sp³-hybridized carbons (Fsp3) is 0.444. The Labute approximate surface area is 155 Å². The average Bonchev–Trinajstić information content (AvgIpc) is 2.60. The number of nitrogens with one attached hydrogen (secondary N) is 2. The van der Waals surface area contributed by atoms with Crippen molar-refractivity contribution in [2.75, 3.05) is 12.9 Å². The highest BCUT2D eigenvalue weighted by atomic mass is 32.2. The second kappa shape index (κ2) is 9.38. The van der Waals surface area contributed by atoms with E-state index in [0.29, 0.717) is 28.9 Å². The number of amides is 1. The molecule has 0 aliphatic carbocycles. The third-order valence-electron chi connectivity index (χ3n) is 3.66. The minimum atomic E-state index is -0.647. The Bertz CT molecular complexity index is 835. The van der Waals surface area contributed by atoms with E-state index in [1.807, 2.05) is 19.9 Å². The molecule has 0 saturated carbocycles. The molecule has 1 atom stereocenters. The van der Waals surface area contributed by atoms with Crippen molar-refractivity contribution in [3.8, 4) is 0 Å². The Morgan fingerprint density at radius 1 is 1.31 bits per heavy atom. The summed E-state index contributed by atoms with van der Waals surface area (Å²) in [4.78, 5) is 43.0. The molecule has 0 saturated heterocycles. The van der Waals surface area contributed by atoms with Gasteiger partial charge in [0, 0.05) is 0 Å². The molecule has 0 spiro atoms. The van der Waals surface area contributed by atoms with Crippen molar-refractivity contribution >= 4 is 34.5 Å². The second-order valence-corrected chi connectivity index (χ2v) is 7.28. The number of H-pyrrole nitrogens is 1. The van der Waals surface area contributed by atoms with Crippen molar-refractivity contribution in [1.29, 1.82) is 0 Å². The number of methoxy groups -OCH3 is 1. The molecule has 26 heavy (non-hydrogen) atoms. The van der Waals surface area contributed by atoms with Crippen molar-refractivity contribution in [1.82, 2.24) is 15.3 Å². The highest BCUT2D eigenvalue weighted by Gasteiger charge is 2.22. The van der Waals surface area contributed by atoms with Gasteiger partial charge in [-0.25, -0.2) is 9.78 Å². The number of aromatic amines is 1. The van der Waals surface area contributed by atoms with Crippen LogP contribution in [0.15, 0.2) is 29.1 Å². The van der Waals surface area contributed by atoms with E-state index in [-0.39, 0.29) is 23.1 Å². The molecule has 2 aromatic rings. The Hall–Kier alpha value is -2.35. The Kier molecular flexibility index (Phi) is 7.20. The number of carbonyl (C=O) groups is 2. The largest absolute Gasteiger partial charge is 0.467 e. The molecule has 2 N–H and O–H groups in total. The standard InChI is InChI=1S/C18H23N3O4S/c1-11(2)8-14(18(24)25-3)20-16(22)10-26-9-15-19-13-7-5-4-6-12(13)17(23)21-15/h4-7,11,14H,8-10H2,1-3H3,(H,20,22)(H,19,21,23)/t14-/m1/s1. The van der Waals surface area contributed by atoms with Crippen molar-refractivity contribution in [2.24, 2.45) is 5.92 Å². The Balaban J connectivity index is 1.91. The number of ether oxygens (including phenoxy) is 1. The molecule has 0 unspecified atom stereocenters. The lowest BCUT2D eigenvalue weighted by Gasteiger charge is -2.18. The molecule has 8 heteroatoms. The molecular formula is C18H23N3O4S. The number of fused-ring (bicyclic) bond motifs is 1. The van der Waals surface area contributed by atoms with Crippen LogP contribution in [-0.4, -0.2) is 40.7 Å². The number of benzene rings is 1. The molecular weight excluding hydrogens is 354 g/mol. The quantitative estimate of drug-likeness (QED) is 0.681. The molecule has 0 radical (unpaired) electrons. The maximum absolute atomic E-state index is 12.1. The summed E-state index contributed by atoms with van der Waals surface area (Å²) in [6.07, 6.45) is 0.516. The summed E-state index contributed by atoms with van der Waals surface area (Å²) in [6, 6.07) is 6.45. The van der Waals surface area contributed by atoms with E-state index in [1.54, 1.807) is 18.2 Å².